The maximum atomic E-state index is 12.6. The van der Waals surface area contributed by atoms with Crippen LogP contribution >= 0.6 is 0 Å². The zero-order valence-electron chi connectivity index (χ0n) is 15.1. The van der Waals surface area contributed by atoms with E-state index >= 15 is 0 Å². The Morgan fingerprint density at radius 3 is 2.25 bits per heavy atom. The minimum absolute atomic E-state index is 0.0511. The standard InChI is InChI=1S/C18H18F2N4O3S/c1-11(2)15(17-23-16(24-27-17)12-7-9-21-10-8-12)22-13-3-5-14(6-4-13)28(25,26)18(19)20/h3-11,15,18,22H,1-2H3. The summed E-state index contributed by atoms with van der Waals surface area (Å²) in [6.45, 7) is 3.90. The highest BCUT2D eigenvalue weighted by Crippen LogP contribution is 2.28. The molecule has 2 aromatic heterocycles. The molecule has 2 heterocycles. The van der Waals surface area contributed by atoms with Crippen LogP contribution < -0.4 is 5.32 Å². The van der Waals surface area contributed by atoms with Crippen molar-refractivity contribution >= 4 is 15.5 Å². The number of hydrogen-bond donors (Lipinski definition) is 1. The molecule has 0 saturated carbocycles. The molecule has 0 bridgehead atoms. The lowest BCUT2D eigenvalue weighted by Gasteiger charge is -2.20. The largest absolute Gasteiger partial charge is 0.373 e. The molecular weight excluding hydrogens is 390 g/mol. The van der Waals surface area contributed by atoms with Gasteiger partial charge in [0.25, 0.3) is 0 Å². The van der Waals surface area contributed by atoms with Crippen molar-refractivity contribution in [1.29, 1.82) is 0 Å². The first-order valence-corrected chi connectivity index (χ1v) is 9.96. The minimum Gasteiger partial charge on any atom is -0.373 e. The van der Waals surface area contributed by atoms with Gasteiger partial charge in [-0.05, 0) is 42.3 Å². The molecule has 0 spiro atoms. The normalized spacial score (nSPS) is 13.1. The second-order valence-electron chi connectivity index (χ2n) is 6.39. The molecule has 0 saturated heterocycles. The topological polar surface area (TPSA) is 98.0 Å². The molecular formula is C18H18F2N4O3S. The van der Waals surface area contributed by atoms with E-state index in [1.165, 1.54) is 12.1 Å². The van der Waals surface area contributed by atoms with E-state index < -0.39 is 20.5 Å². The summed E-state index contributed by atoms with van der Waals surface area (Å²) >= 11 is 0. The summed E-state index contributed by atoms with van der Waals surface area (Å²) in [4.78, 5) is 7.92. The first-order chi connectivity index (χ1) is 13.3. The second-order valence-corrected chi connectivity index (χ2v) is 8.31. The molecule has 0 aliphatic carbocycles. The predicted octanol–water partition coefficient (Wildman–Crippen LogP) is 3.94. The molecule has 1 unspecified atom stereocenters. The summed E-state index contributed by atoms with van der Waals surface area (Å²) in [6, 6.07) is 8.27. The molecule has 1 aromatic carbocycles. The van der Waals surface area contributed by atoms with Crippen molar-refractivity contribution in [1.82, 2.24) is 15.1 Å². The van der Waals surface area contributed by atoms with E-state index in [2.05, 4.69) is 20.4 Å². The van der Waals surface area contributed by atoms with Gasteiger partial charge in [-0.25, -0.2) is 8.42 Å². The fraction of sp³-hybridized carbons (Fsp3) is 0.278. The number of nitrogens with one attached hydrogen (secondary N) is 1. The number of nitrogens with zero attached hydrogens (tertiary/aromatic N) is 3. The van der Waals surface area contributed by atoms with E-state index in [4.69, 9.17) is 4.52 Å². The Morgan fingerprint density at radius 2 is 1.68 bits per heavy atom. The third-order valence-electron chi connectivity index (χ3n) is 4.05. The Hall–Kier alpha value is -2.88. The second kappa shape index (κ2) is 8.01. The van der Waals surface area contributed by atoms with Gasteiger partial charge in [0.15, 0.2) is 0 Å². The van der Waals surface area contributed by atoms with Gasteiger partial charge in [0.1, 0.15) is 6.04 Å². The molecule has 0 aliphatic rings. The first-order valence-electron chi connectivity index (χ1n) is 8.41. The fourth-order valence-corrected chi connectivity index (χ4v) is 3.24. The Bertz CT molecular complexity index is 1020. The molecule has 0 fully saturated rings. The Kier molecular flexibility index (Phi) is 5.68. The third kappa shape index (κ3) is 4.16. The molecule has 148 valence electrons. The van der Waals surface area contributed by atoms with Gasteiger partial charge in [-0.2, -0.15) is 13.8 Å². The summed E-state index contributed by atoms with van der Waals surface area (Å²) in [7, 11) is -4.63. The number of aromatic nitrogens is 3. The molecule has 28 heavy (non-hydrogen) atoms. The van der Waals surface area contributed by atoms with E-state index in [1.807, 2.05) is 13.8 Å². The summed E-state index contributed by atoms with van der Waals surface area (Å²) in [6.07, 6.45) is 3.25. The van der Waals surface area contributed by atoms with Gasteiger partial charge in [0.05, 0.1) is 4.90 Å². The molecule has 1 atom stereocenters. The Morgan fingerprint density at radius 1 is 1.04 bits per heavy atom. The van der Waals surface area contributed by atoms with Crippen LogP contribution in [0.3, 0.4) is 0 Å². The molecule has 0 amide bonds. The van der Waals surface area contributed by atoms with Crippen molar-refractivity contribution in [3.63, 3.8) is 0 Å². The molecule has 1 N–H and O–H groups in total. The number of anilines is 1. The third-order valence-corrected chi connectivity index (χ3v) is 5.45. The van der Waals surface area contributed by atoms with Crippen LogP contribution in [0.4, 0.5) is 14.5 Å². The number of alkyl halides is 2. The molecule has 3 rings (SSSR count). The molecule has 0 radical (unpaired) electrons. The van der Waals surface area contributed by atoms with Crippen LogP contribution in [0, 0.1) is 5.92 Å². The molecule has 3 aromatic rings. The van der Waals surface area contributed by atoms with Crippen molar-refractivity contribution in [2.75, 3.05) is 5.32 Å². The number of hydrogen-bond acceptors (Lipinski definition) is 7. The maximum absolute atomic E-state index is 12.6. The Labute approximate surface area is 160 Å². The van der Waals surface area contributed by atoms with Crippen LogP contribution in [0.1, 0.15) is 25.8 Å². The predicted molar refractivity (Wildman–Crippen MR) is 98.4 cm³/mol. The zero-order chi connectivity index (χ0) is 20.3. The number of sulfone groups is 1. The van der Waals surface area contributed by atoms with Crippen LogP contribution in [-0.2, 0) is 9.84 Å². The van der Waals surface area contributed by atoms with Crippen molar-refractivity contribution < 1.29 is 21.7 Å². The summed E-state index contributed by atoms with van der Waals surface area (Å²) in [5.74, 6) is -2.63. The maximum Gasteiger partial charge on any atom is 0.341 e. The van der Waals surface area contributed by atoms with E-state index in [0.717, 1.165) is 17.7 Å². The fourth-order valence-electron chi connectivity index (χ4n) is 2.52. The van der Waals surface area contributed by atoms with Crippen LogP contribution in [-0.4, -0.2) is 29.3 Å². The highest BCUT2D eigenvalue weighted by molar-refractivity contribution is 7.91. The lowest BCUT2D eigenvalue weighted by atomic mass is 10.0. The Balaban J connectivity index is 1.82. The average Bonchev–Trinajstić information content (AvgIpc) is 3.16. The number of halogens is 2. The highest BCUT2D eigenvalue weighted by atomic mass is 32.2. The lowest BCUT2D eigenvalue weighted by Crippen LogP contribution is -2.17. The van der Waals surface area contributed by atoms with Gasteiger partial charge in [0.2, 0.25) is 21.6 Å². The molecule has 0 aliphatic heterocycles. The van der Waals surface area contributed by atoms with E-state index in [9.17, 15) is 17.2 Å². The SMILES string of the molecule is CC(C)C(Nc1ccc(S(=O)(=O)C(F)F)cc1)c1nc(-c2ccncc2)no1. The van der Waals surface area contributed by atoms with E-state index in [-0.39, 0.29) is 12.0 Å². The summed E-state index contributed by atoms with van der Waals surface area (Å²) < 4.78 is 53.7. The van der Waals surface area contributed by atoms with Gasteiger partial charge >= 0.3 is 5.76 Å². The van der Waals surface area contributed by atoms with Gasteiger partial charge < -0.3 is 9.84 Å². The van der Waals surface area contributed by atoms with Gasteiger partial charge in [-0.3, -0.25) is 4.98 Å². The van der Waals surface area contributed by atoms with Gasteiger partial charge in [-0.1, -0.05) is 19.0 Å². The average molecular weight is 408 g/mol. The van der Waals surface area contributed by atoms with Crippen molar-refractivity contribution in [3.8, 4) is 11.4 Å². The number of pyridine rings is 1. The quantitative estimate of drug-likeness (QED) is 0.632. The van der Waals surface area contributed by atoms with Gasteiger partial charge in [0, 0.05) is 23.6 Å². The minimum atomic E-state index is -4.63. The summed E-state index contributed by atoms with van der Waals surface area (Å²) in [5, 5.41) is 7.16. The monoisotopic (exact) mass is 408 g/mol. The summed E-state index contributed by atoms with van der Waals surface area (Å²) in [5.41, 5.74) is 1.30. The van der Waals surface area contributed by atoms with E-state index in [0.29, 0.717) is 17.4 Å². The first kappa shape index (κ1) is 19.9. The van der Waals surface area contributed by atoms with Crippen molar-refractivity contribution in [3.05, 3.63) is 54.7 Å². The number of rotatable bonds is 7. The smallest absolute Gasteiger partial charge is 0.341 e. The highest BCUT2D eigenvalue weighted by Gasteiger charge is 2.27. The van der Waals surface area contributed by atoms with Crippen LogP contribution in [0.2, 0.25) is 0 Å². The van der Waals surface area contributed by atoms with Crippen molar-refractivity contribution in [2.45, 2.75) is 30.5 Å². The van der Waals surface area contributed by atoms with Crippen LogP contribution in [0.15, 0.2) is 58.2 Å². The van der Waals surface area contributed by atoms with Gasteiger partial charge in [-0.15, -0.1) is 0 Å². The van der Waals surface area contributed by atoms with Crippen molar-refractivity contribution in [2.24, 2.45) is 5.92 Å². The zero-order valence-corrected chi connectivity index (χ0v) is 15.9. The van der Waals surface area contributed by atoms with E-state index in [1.54, 1.807) is 24.5 Å². The number of benzene rings is 1. The van der Waals surface area contributed by atoms with Crippen LogP contribution in [0.25, 0.3) is 11.4 Å². The molecule has 7 nitrogen and oxygen atoms in total. The molecule has 10 heteroatoms. The van der Waals surface area contributed by atoms with Crippen LogP contribution in [0.5, 0.6) is 0 Å². The lowest BCUT2D eigenvalue weighted by molar-refractivity contribution is 0.234.